The molecular weight excluding hydrogens is 930 g/mol. The highest BCUT2D eigenvalue weighted by atomic mass is 35.5. The van der Waals surface area contributed by atoms with Crippen LogP contribution in [0.5, 0.6) is 5.75 Å². The second kappa shape index (κ2) is 22.7. The SMILES string of the molecule is Cc1sc2c(c1C)C(c1ccc(Cl)cc1)=N[C@@H](CC(=O)Cc1ccc(OCCOCCOCCOCCNc3cc(C(=O)N4CCOCC4)c(-c4ccc5c(c4)CC(=O)C5)cn3)cc1)c1nnc(C)n1-2. The van der Waals surface area contributed by atoms with Gasteiger partial charge in [-0.2, -0.15) is 0 Å². The van der Waals surface area contributed by atoms with E-state index in [-0.39, 0.29) is 30.3 Å². The van der Waals surface area contributed by atoms with E-state index in [1.165, 1.54) is 4.88 Å². The summed E-state index contributed by atoms with van der Waals surface area (Å²) < 4.78 is 30.6. The van der Waals surface area contributed by atoms with Crippen LogP contribution in [0.15, 0.2) is 84.0 Å². The van der Waals surface area contributed by atoms with Gasteiger partial charge >= 0.3 is 0 Å². The average Bonchev–Trinajstić information content (AvgIpc) is 4.01. The molecular formula is C53H56ClN7O8S. The third-order valence-electron chi connectivity index (χ3n) is 12.6. The van der Waals surface area contributed by atoms with Gasteiger partial charge in [0.25, 0.3) is 5.91 Å². The number of halogens is 1. The molecule has 0 saturated carbocycles. The van der Waals surface area contributed by atoms with Crippen molar-refractivity contribution in [3.05, 3.63) is 139 Å². The summed E-state index contributed by atoms with van der Waals surface area (Å²) >= 11 is 7.94. The Morgan fingerprint density at radius 3 is 2.29 bits per heavy atom. The molecule has 364 valence electrons. The Morgan fingerprint density at radius 2 is 1.53 bits per heavy atom. The molecule has 5 heterocycles. The number of aromatic nitrogens is 4. The maximum Gasteiger partial charge on any atom is 0.254 e. The van der Waals surface area contributed by atoms with Crippen molar-refractivity contribution in [1.82, 2.24) is 24.6 Å². The van der Waals surface area contributed by atoms with Crippen molar-refractivity contribution >= 4 is 51.9 Å². The number of aryl methyl sites for hydroxylation is 2. The molecule has 1 N–H and O–H groups in total. The number of anilines is 1. The number of thiophene rings is 1. The molecule has 0 bridgehead atoms. The first kappa shape index (κ1) is 48.9. The monoisotopic (exact) mass is 985 g/mol. The molecule has 0 radical (unpaired) electrons. The Labute approximate surface area is 416 Å². The van der Waals surface area contributed by atoms with Crippen LogP contribution in [0.3, 0.4) is 0 Å². The topological polar surface area (TPSA) is 169 Å². The van der Waals surface area contributed by atoms with Crippen molar-refractivity contribution in [2.75, 3.05) is 84.4 Å². The van der Waals surface area contributed by atoms with Gasteiger partial charge in [-0.1, -0.05) is 54.1 Å². The molecule has 1 aliphatic carbocycles. The average molecular weight is 987 g/mol. The van der Waals surface area contributed by atoms with Gasteiger partial charge in [0.05, 0.1) is 64.1 Å². The van der Waals surface area contributed by atoms with Crippen molar-refractivity contribution in [1.29, 1.82) is 0 Å². The van der Waals surface area contributed by atoms with Gasteiger partial charge in [-0.3, -0.25) is 23.9 Å². The summed E-state index contributed by atoms with van der Waals surface area (Å²) in [6.45, 7) is 11.6. The summed E-state index contributed by atoms with van der Waals surface area (Å²) in [5, 5.41) is 13.9. The first-order valence-corrected chi connectivity index (χ1v) is 24.9. The molecule has 17 heteroatoms. The van der Waals surface area contributed by atoms with Crippen LogP contribution in [0.4, 0.5) is 5.82 Å². The molecule has 15 nitrogen and oxygen atoms in total. The molecule has 2 aliphatic heterocycles. The lowest BCUT2D eigenvalue weighted by molar-refractivity contribution is -0.119. The van der Waals surface area contributed by atoms with Gasteiger partial charge in [0.15, 0.2) is 5.82 Å². The minimum absolute atomic E-state index is 0.0409. The predicted molar refractivity (Wildman–Crippen MR) is 268 cm³/mol. The highest BCUT2D eigenvalue weighted by Crippen LogP contribution is 2.40. The normalized spacial score (nSPS) is 15.3. The van der Waals surface area contributed by atoms with Crippen LogP contribution < -0.4 is 10.1 Å². The summed E-state index contributed by atoms with van der Waals surface area (Å²) in [6.07, 6.45) is 3.02. The number of hydrogen-bond acceptors (Lipinski definition) is 14. The third-order valence-corrected chi connectivity index (χ3v) is 14.1. The standard InChI is InChI=1S/C53H56ClN7O8S/c1-33-34(2)70-53-49(33)50(37-8-10-41(54)11-9-37)57-47(51-59-58-35(3)61(51)53)30-42(62)26-36-4-12-44(13-5-36)69-25-24-68-23-22-67-21-20-65-17-14-55-48-31-45(52(64)60-15-18-66-19-16-60)46(32-56-48)39-7-6-38-28-43(63)29-40(38)27-39/h4-13,27,31-32,47H,14-26,28-30H2,1-3H3,(H,55,56)/t47-/m0/s1. The predicted octanol–water partition coefficient (Wildman–Crippen LogP) is 7.74. The van der Waals surface area contributed by atoms with E-state index in [4.69, 9.17) is 40.3 Å². The Morgan fingerprint density at radius 1 is 0.829 bits per heavy atom. The number of hydrogen-bond donors (Lipinski definition) is 1. The van der Waals surface area contributed by atoms with Crippen molar-refractivity contribution in [2.45, 2.75) is 52.5 Å². The van der Waals surface area contributed by atoms with Crippen molar-refractivity contribution < 1.29 is 38.1 Å². The number of carbonyl (C=O) groups excluding carboxylic acids is 3. The number of nitrogens with zero attached hydrogens (tertiary/aromatic N) is 6. The fourth-order valence-electron chi connectivity index (χ4n) is 8.88. The first-order valence-electron chi connectivity index (χ1n) is 23.7. The number of morpholine rings is 1. The van der Waals surface area contributed by atoms with Crippen LogP contribution in [0.1, 0.15) is 72.7 Å². The maximum atomic E-state index is 13.7. The van der Waals surface area contributed by atoms with E-state index in [9.17, 15) is 14.4 Å². The van der Waals surface area contributed by atoms with E-state index >= 15 is 0 Å². The highest BCUT2D eigenvalue weighted by molar-refractivity contribution is 7.15. The molecule has 1 fully saturated rings. The number of Topliss-reactive ketones (excluding diaryl/α,β-unsaturated/α-hetero) is 2. The lowest BCUT2D eigenvalue weighted by Crippen LogP contribution is -2.40. The zero-order valence-electron chi connectivity index (χ0n) is 39.6. The molecule has 3 aromatic carbocycles. The molecule has 0 spiro atoms. The van der Waals surface area contributed by atoms with Crippen molar-refractivity contribution in [3.8, 4) is 21.9 Å². The van der Waals surface area contributed by atoms with E-state index in [2.05, 4.69) is 38.9 Å². The molecule has 0 unspecified atom stereocenters. The zero-order valence-corrected chi connectivity index (χ0v) is 41.2. The van der Waals surface area contributed by atoms with Crippen LogP contribution in [0.25, 0.3) is 16.1 Å². The van der Waals surface area contributed by atoms with Gasteiger partial charge in [0.2, 0.25) is 0 Å². The number of rotatable bonds is 21. The number of benzene rings is 3. The van der Waals surface area contributed by atoms with Crippen LogP contribution in [0, 0.1) is 20.8 Å². The van der Waals surface area contributed by atoms with E-state index in [0.29, 0.717) is 120 Å². The van der Waals surface area contributed by atoms with Gasteiger partial charge in [-0.15, -0.1) is 21.5 Å². The minimum atomic E-state index is -0.518. The number of pyridine rings is 1. The second-order valence-corrected chi connectivity index (χ2v) is 19.1. The molecule has 3 aromatic heterocycles. The number of fused-ring (bicyclic) bond motifs is 4. The third kappa shape index (κ3) is 11.5. The Bertz CT molecular complexity index is 2880. The summed E-state index contributed by atoms with van der Waals surface area (Å²) in [5.74, 6) is 2.85. The summed E-state index contributed by atoms with van der Waals surface area (Å²) in [4.78, 5) is 52.3. The molecule has 70 heavy (non-hydrogen) atoms. The van der Waals surface area contributed by atoms with E-state index in [1.807, 2.05) is 78.6 Å². The molecule has 1 saturated heterocycles. The van der Waals surface area contributed by atoms with E-state index in [0.717, 1.165) is 61.0 Å². The van der Waals surface area contributed by atoms with Gasteiger partial charge in [0.1, 0.15) is 46.6 Å². The lowest BCUT2D eigenvalue weighted by Gasteiger charge is -2.27. The van der Waals surface area contributed by atoms with Crippen LogP contribution in [-0.4, -0.2) is 127 Å². The largest absolute Gasteiger partial charge is 0.491 e. The van der Waals surface area contributed by atoms with Gasteiger partial charge in [0, 0.05) is 78.1 Å². The number of amides is 1. The zero-order chi connectivity index (χ0) is 48.6. The number of ketones is 2. The number of nitrogens with one attached hydrogen (secondary N) is 1. The minimum Gasteiger partial charge on any atom is -0.491 e. The fraction of sp³-hybridized carbons (Fsp3) is 0.377. The van der Waals surface area contributed by atoms with Crippen LogP contribution >= 0.6 is 22.9 Å². The highest BCUT2D eigenvalue weighted by Gasteiger charge is 2.33. The Balaban J connectivity index is 0.668. The maximum absolute atomic E-state index is 13.7. The second-order valence-electron chi connectivity index (χ2n) is 17.5. The summed E-state index contributed by atoms with van der Waals surface area (Å²) in [7, 11) is 0. The summed E-state index contributed by atoms with van der Waals surface area (Å²) in [5.41, 5.74) is 9.02. The fourth-order valence-corrected chi connectivity index (χ4v) is 10.2. The number of carbonyl (C=O) groups is 3. The van der Waals surface area contributed by atoms with E-state index < -0.39 is 6.04 Å². The smallest absolute Gasteiger partial charge is 0.254 e. The Kier molecular flexibility index (Phi) is 15.9. The van der Waals surface area contributed by atoms with E-state index in [1.54, 1.807) is 23.6 Å². The Hall–Kier alpha value is -6.14. The van der Waals surface area contributed by atoms with Crippen LogP contribution in [-0.2, 0) is 47.8 Å². The quantitative estimate of drug-likeness (QED) is 0.0698. The van der Waals surface area contributed by atoms with Crippen molar-refractivity contribution in [2.24, 2.45) is 4.99 Å². The van der Waals surface area contributed by atoms with Gasteiger partial charge < -0.3 is 33.9 Å². The number of ether oxygens (including phenoxy) is 5. The molecule has 1 amide bonds. The lowest BCUT2D eigenvalue weighted by atomic mass is 9.97. The summed E-state index contributed by atoms with van der Waals surface area (Å²) in [6, 6.07) is 22.5. The first-order chi connectivity index (χ1) is 34.1. The van der Waals surface area contributed by atoms with Crippen molar-refractivity contribution in [3.63, 3.8) is 0 Å². The van der Waals surface area contributed by atoms with Crippen LogP contribution in [0.2, 0.25) is 5.02 Å². The molecule has 9 rings (SSSR count). The number of aliphatic imine (C=N–C) groups is 1. The molecule has 6 aromatic rings. The van der Waals surface area contributed by atoms with Gasteiger partial charge in [-0.25, -0.2) is 4.98 Å². The molecule has 1 atom stereocenters. The molecule has 3 aliphatic rings. The van der Waals surface area contributed by atoms with Gasteiger partial charge in [-0.05, 0) is 78.9 Å².